The van der Waals surface area contributed by atoms with Gasteiger partial charge in [-0.15, -0.1) is 0 Å². The molecule has 1 saturated heterocycles. The Hall–Kier alpha value is -3.35. The number of ether oxygens (including phenoxy) is 1. The molecule has 0 unspecified atom stereocenters. The average Bonchev–Trinajstić information content (AvgIpc) is 3.19. The Kier molecular flexibility index (Phi) is 7.20. The number of piperidine rings is 1. The zero-order valence-electron chi connectivity index (χ0n) is 19.6. The predicted molar refractivity (Wildman–Crippen MR) is 128 cm³/mol. The maximum absolute atomic E-state index is 12.5. The van der Waals surface area contributed by atoms with Crippen LogP contribution in [0.15, 0.2) is 48.5 Å². The van der Waals surface area contributed by atoms with E-state index in [0.29, 0.717) is 51.7 Å². The molecule has 0 saturated carbocycles. The van der Waals surface area contributed by atoms with E-state index in [2.05, 4.69) is 29.6 Å². The lowest BCUT2D eigenvalue weighted by Gasteiger charge is -2.38. The summed E-state index contributed by atoms with van der Waals surface area (Å²) in [5.74, 6) is -0.751. The molecular weight excluding hydrogens is 432 g/mol. The molecule has 0 atom stereocenters. The summed E-state index contributed by atoms with van der Waals surface area (Å²) in [6, 6.07) is 16.4. The monoisotopic (exact) mass is 464 g/mol. The van der Waals surface area contributed by atoms with Gasteiger partial charge < -0.3 is 20.1 Å². The SMILES string of the molecule is CCC1(C(=O)O)CCN(C(=O)CCCNC(=O)OCC2c3ccccc3-c3ccccc32)CC1. The molecule has 1 fully saturated rings. The zero-order chi connectivity index (χ0) is 24.1. The zero-order valence-corrected chi connectivity index (χ0v) is 19.6. The number of benzene rings is 2. The molecular formula is C27H32N2O5. The molecule has 34 heavy (non-hydrogen) atoms. The molecule has 7 heteroatoms. The number of hydrogen-bond donors (Lipinski definition) is 2. The number of nitrogens with one attached hydrogen (secondary N) is 1. The summed E-state index contributed by atoms with van der Waals surface area (Å²) < 4.78 is 5.52. The van der Waals surface area contributed by atoms with Crippen molar-refractivity contribution in [2.75, 3.05) is 26.2 Å². The van der Waals surface area contributed by atoms with Crippen LogP contribution in [0.3, 0.4) is 0 Å². The molecule has 2 aromatic rings. The van der Waals surface area contributed by atoms with Crippen LogP contribution in [0.25, 0.3) is 11.1 Å². The van der Waals surface area contributed by atoms with Crippen LogP contribution >= 0.6 is 0 Å². The summed E-state index contributed by atoms with van der Waals surface area (Å²) in [6.45, 7) is 3.44. The average molecular weight is 465 g/mol. The second kappa shape index (κ2) is 10.3. The second-order valence-electron chi connectivity index (χ2n) is 9.18. The van der Waals surface area contributed by atoms with Crippen molar-refractivity contribution in [2.45, 2.75) is 44.9 Å². The van der Waals surface area contributed by atoms with Gasteiger partial charge >= 0.3 is 12.1 Å². The molecule has 2 aliphatic rings. The molecule has 0 bridgehead atoms. The van der Waals surface area contributed by atoms with Crippen molar-refractivity contribution in [3.05, 3.63) is 59.7 Å². The van der Waals surface area contributed by atoms with Crippen LogP contribution in [0.2, 0.25) is 0 Å². The molecule has 0 spiro atoms. The van der Waals surface area contributed by atoms with Gasteiger partial charge in [0, 0.05) is 32.0 Å². The number of alkyl carbamates (subject to hydrolysis) is 1. The Morgan fingerprint density at radius 3 is 2.18 bits per heavy atom. The number of hydrogen-bond acceptors (Lipinski definition) is 4. The Morgan fingerprint density at radius 1 is 1.03 bits per heavy atom. The number of carboxylic acid groups (broad SMARTS) is 1. The van der Waals surface area contributed by atoms with E-state index in [4.69, 9.17) is 4.74 Å². The van der Waals surface area contributed by atoms with Gasteiger partial charge in [0.2, 0.25) is 5.91 Å². The molecule has 2 N–H and O–H groups in total. The first-order valence-electron chi connectivity index (χ1n) is 12.1. The summed E-state index contributed by atoms with van der Waals surface area (Å²) in [7, 11) is 0. The maximum atomic E-state index is 12.5. The van der Waals surface area contributed by atoms with Gasteiger partial charge in [0.05, 0.1) is 5.41 Å². The number of nitrogens with zero attached hydrogens (tertiary/aromatic N) is 1. The summed E-state index contributed by atoms with van der Waals surface area (Å²) in [5, 5.41) is 12.2. The quantitative estimate of drug-likeness (QED) is 0.564. The first-order chi connectivity index (χ1) is 16.4. The van der Waals surface area contributed by atoms with Gasteiger partial charge in [0.25, 0.3) is 0 Å². The highest BCUT2D eigenvalue weighted by molar-refractivity contribution is 5.79. The van der Waals surface area contributed by atoms with E-state index in [0.717, 1.165) is 0 Å². The maximum Gasteiger partial charge on any atom is 0.407 e. The third-order valence-electron chi connectivity index (χ3n) is 7.38. The fourth-order valence-electron chi connectivity index (χ4n) is 5.14. The third-order valence-corrected chi connectivity index (χ3v) is 7.38. The molecule has 0 radical (unpaired) electrons. The molecule has 7 nitrogen and oxygen atoms in total. The number of aliphatic carboxylic acids is 1. The molecule has 1 aliphatic heterocycles. The van der Waals surface area contributed by atoms with E-state index < -0.39 is 17.5 Å². The van der Waals surface area contributed by atoms with Gasteiger partial charge in [-0.05, 0) is 47.9 Å². The van der Waals surface area contributed by atoms with Crippen LogP contribution in [0.4, 0.5) is 4.79 Å². The van der Waals surface area contributed by atoms with Gasteiger partial charge in [-0.3, -0.25) is 9.59 Å². The topological polar surface area (TPSA) is 95.9 Å². The van der Waals surface area contributed by atoms with Crippen LogP contribution in [-0.2, 0) is 14.3 Å². The Bertz CT molecular complexity index is 1010. The van der Waals surface area contributed by atoms with E-state index in [1.165, 1.54) is 22.3 Å². The minimum absolute atomic E-state index is 0.00410. The molecule has 1 aliphatic carbocycles. The predicted octanol–water partition coefficient (Wildman–Crippen LogP) is 4.41. The van der Waals surface area contributed by atoms with Crippen molar-refractivity contribution >= 4 is 18.0 Å². The lowest BCUT2D eigenvalue weighted by Crippen LogP contribution is -2.46. The molecule has 2 amide bonds. The van der Waals surface area contributed by atoms with Gasteiger partial charge in [0.1, 0.15) is 6.61 Å². The van der Waals surface area contributed by atoms with Crippen LogP contribution in [0, 0.1) is 5.41 Å². The van der Waals surface area contributed by atoms with Crippen molar-refractivity contribution in [3.8, 4) is 11.1 Å². The minimum atomic E-state index is -0.769. The summed E-state index contributed by atoms with van der Waals surface area (Å²) in [6.07, 6.45) is 1.90. The molecule has 1 heterocycles. The number of rotatable bonds is 8. The van der Waals surface area contributed by atoms with Gasteiger partial charge in [-0.25, -0.2) is 4.79 Å². The smallest absolute Gasteiger partial charge is 0.407 e. The van der Waals surface area contributed by atoms with Crippen LogP contribution in [-0.4, -0.2) is 54.2 Å². The Morgan fingerprint density at radius 2 is 1.62 bits per heavy atom. The number of likely N-dealkylation sites (tertiary alicyclic amines) is 1. The largest absolute Gasteiger partial charge is 0.481 e. The van der Waals surface area contributed by atoms with Crippen molar-refractivity contribution in [3.63, 3.8) is 0 Å². The summed E-state index contributed by atoms with van der Waals surface area (Å²) >= 11 is 0. The van der Waals surface area contributed by atoms with Crippen LogP contribution < -0.4 is 5.32 Å². The number of carbonyl (C=O) groups excluding carboxylic acids is 2. The first-order valence-corrected chi connectivity index (χ1v) is 12.1. The van der Waals surface area contributed by atoms with Gasteiger partial charge in [-0.2, -0.15) is 0 Å². The Labute approximate surface area is 200 Å². The molecule has 4 rings (SSSR count). The minimum Gasteiger partial charge on any atom is -0.481 e. The Balaban J connectivity index is 1.19. The van der Waals surface area contributed by atoms with E-state index in [9.17, 15) is 19.5 Å². The van der Waals surface area contributed by atoms with Crippen molar-refractivity contribution in [1.82, 2.24) is 10.2 Å². The van der Waals surface area contributed by atoms with Crippen LogP contribution in [0.1, 0.15) is 56.1 Å². The summed E-state index contributed by atoms with van der Waals surface area (Å²) in [4.78, 5) is 38.0. The molecule has 0 aromatic heterocycles. The number of fused-ring (bicyclic) bond motifs is 3. The van der Waals surface area contributed by atoms with Gasteiger partial charge in [-0.1, -0.05) is 55.5 Å². The highest BCUT2D eigenvalue weighted by atomic mass is 16.5. The lowest BCUT2D eigenvalue weighted by atomic mass is 9.76. The first kappa shape index (κ1) is 23.8. The standard InChI is InChI=1S/C27H32N2O5/c1-2-27(25(31)32)13-16-29(17-14-27)24(30)12-7-15-28-26(33)34-18-23-21-10-5-3-8-19(21)20-9-4-6-11-22(20)23/h3-6,8-11,23H,2,7,12-18H2,1H3,(H,28,33)(H,31,32). The normalized spacial score (nSPS) is 16.4. The fraction of sp³-hybridized carbons (Fsp3) is 0.444. The number of amides is 2. The van der Waals surface area contributed by atoms with Crippen molar-refractivity contribution < 1.29 is 24.2 Å². The highest BCUT2D eigenvalue weighted by Crippen LogP contribution is 2.44. The number of carbonyl (C=O) groups is 3. The van der Waals surface area contributed by atoms with Crippen LogP contribution in [0.5, 0.6) is 0 Å². The van der Waals surface area contributed by atoms with E-state index in [1.807, 2.05) is 31.2 Å². The second-order valence-corrected chi connectivity index (χ2v) is 9.18. The summed E-state index contributed by atoms with van der Waals surface area (Å²) in [5.41, 5.74) is 3.99. The fourth-order valence-corrected chi connectivity index (χ4v) is 5.14. The lowest BCUT2D eigenvalue weighted by molar-refractivity contribution is -0.154. The van der Waals surface area contributed by atoms with Crippen molar-refractivity contribution in [1.29, 1.82) is 0 Å². The highest BCUT2D eigenvalue weighted by Gasteiger charge is 2.40. The molecule has 2 aromatic carbocycles. The van der Waals surface area contributed by atoms with Crippen molar-refractivity contribution in [2.24, 2.45) is 5.41 Å². The van der Waals surface area contributed by atoms with Gasteiger partial charge in [0.15, 0.2) is 0 Å². The number of carboxylic acids is 1. The van der Waals surface area contributed by atoms with E-state index >= 15 is 0 Å². The van der Waals surface area contributed by atoms with E-state index in [-0.39, 0.29) is 18.4 Å². The molecule has 180 valence electrons. The van der Waals surface area contributed by atoms with E-state index in [1.54, 1.807) is 4.90 Å². The third kappa shape index (κ3) is 4.79.